The summed E-state index contributed by atoms with van der Waals surface area (Å²) in [6.07, 6.45) is 8.68. The monoisotopic (exact) mass is 263 g/mol. The number of rotatable bonds is 11. The first-order valence-corrected chi connectivity index (χ1v) is 7.73. The minimum atomic E-state index is 0.841. The lowest BCUT2D eigenvalue weighted by molar-refractivity contribution is 0.304. The van der Waals surface area contributed by atoms with Gasteiger partial charge >= 0.3 is 0 Å². The quantitative estimate of drug-likeness (QED) is 0.604. The molecule has 0 radical (unpaired) electrons. The maximum Gasteiger partial charge on any atom is 0.119 e. The summed E-state index contributed by atoms with van der Waals surface area (Å²) < 4.78 is 5.76. The average molecular weight is 263 g/mol. The van der Waals surface area contributed by atoms with Gasteiger partial charge in [0.25, 0.3) is 0 Å². The maximum atomic E-state index is 5.76. The Labute approximate surface area is 118 Å². The Morgan fingerprint density at radius 1 is 0.947 bits per heavy atom. The number of benzene rings is 1. The van der Waals surface area contributed by atoms with Gasteiger partial charge in [-0.2, -0.15) is 0 Å². The fourth-order valence-electron chi connectivity index (χ4n) is 2.08. The zero-order chi connectivity index (χ0) is 13.8. The molecule has 0 aromatic heterocycles. The first kappa shape index (κ1) is 16.0. The van der Waals surface area contributed by atoms with E-state index in [2.05, 4.69) is 36.5 Å². The molecule has 1 rings (SSSR count). The smallest absolute Gasteiger partial charge is 0.119 e. The van der Waals surface area contributed by atoms with E-state index in [4.69, 9.17) is 4.74 Å². The molecule has 0 aliphatic rings. The second kappa shape index (κ2) is 10.9. The van der Waals surface area contributed by atoms with Crippen LogP contribution in [0.4, 0.5) is 0 Å². The van der Waals surface area contributed by atoms with E-state index in [9.17, 15) is 0 Å². The van der Waals surface area contributed by atoms with Gasteiger partial charge in [0, 0.05) is 0 Å². The molecular formula is C17H29NO. The van der Waals surface area contributed by atoms with Gasteiger partial charge in [-0.05, 0) is 57.0 Å². The van der Waals surface area contributed by atoms with E-state index in [1.54, 1.807) is 0 Å². The minimum Gasteiger partial charge on any atom is -0.494 e. The molecule has 0 amide bonds. The van der Waals surface area contributed by atoms with E-state index in [0.29, 0.717) is 0 Å². The molecule has 1 aromatic rings. The third kappa shape index (κ3) is 7.89. The van der Waals surface area contributed by atoms with Gasteiger partial charge in [0.15, 0.2) is 0 Å². The van der Waals surface area contributed by atoms with Crippen LogP contribution in [-0.4, -0.2) is 20.2 Å². The topological polar surface area (TPSA) is 21.3 Å². The van der Waals surface area contributed by atoms with Crippen LogP contribution in [0, 0.1) is 0 Å². The number of hydrogen-bond donors (Lipinski definition) is 1. The molecule has 19 heavy (non-hydrogen) atoms. The SMILES string of the molecule is CCCCc1ccc(OCCCCCCNC)cc1. The van der Waals surface area contributed by atoms with Crippen LogP contribution in [0.2, 0.25) is 0 Å². The molecule has 0 aliphatic heterocycles. The van der Waals surface area contributed by atoms with E-state index in [-0.39, 0.29) is 0 Å². The molecular weight excluding hydrogens is 234 g/mol. The van der Waals surface area contributed by atoms with Gasteiger partial charge in [-0.3, -0.25) is 0 Å². The van der Waals surface area contributed by atoms with E-state index in [1.807, 2.05) is 7.05 Å². The Kier molecular flexibility index (Phi) is 9.17. The third-order valence-electron chi connectivity index (χ3n) is 3.33. The summed E-state index contributed by atoms with van der Waals surface area (Å²) >= 11 is 0. The van der Waals surface area contributed by atoms with Crippen LogP contribution in [0.5, 0.6) is 5.75 Å². The lowest BCUT2D eigenvalue weighted by Crippen LogP contribution is -2.07. The molecule has 0 bridgehead atoms. The predicted octanol–water partition coefficient (Wildman–Crippen LogP) is 4.19. The zero-order valence-electron chi connectivity index (χ0n) is 12.6. The van der Waals surface area contributed by atoms with Crippen molar-refractivity contribution in [3.8, 4) is 5.75 Å². The van der Waals surface area contributed by atoms with Crippen molar-refractivity contribution in [1.29, 1.82) is 0 Å². The van der Waals surface area contributed by atoms with Gasteiger partial charge in [-0.1, -0.05) is 38.3 Å². The van der Waals surface area contributed by atoms with Gasteiger partial charge in [0.2, 0.25) is 0 Å². The lowest BCUT2D eigenvalue weighted by Gasteiger charge is -2.07. The molecule has 0 heterocycles. The Morgan fingerprint density at radius 3 is 2.37 bits per heavy atom. The molecule has 1 N–H and O–H groups in total. The highest BCUT2D eigenvalue weighted by atomic mass is 16.5. The summed E-state index contributed by atoms with van der Waals surface area (Å²) in [5, 5.41) is 3.17. The average Bonchev–Trinajstić information content (AvgIpc) is 2.45. The molecule has 0 atom stereocenters. The molecule has 0 unspecified atom stereocenters. The Hall–Kier alpha value is -1.02. The van der Waals surface area contributed by atoms with Gasteiger partial charge in [0.1, 0.15) is 5.75 Å². The van der Waals surface area contributed by atoms with Crippen LogP contribution in [0.15, 0.2) is 24.3 Å². The number of hydrogen-bond acceptors (Lipinski definition) is 2. The summed E-state index contributed by atoms with van der Waals surface area (Å²) in [5.74, 6) is 1.01. The van der Waals surface area contributed by atoms with E-state index >= 15 is 0 Å². The molecule has 2 nitrogen and oxygen atoms in total. The van der Waals surface area contributed by atoms with Gasteiger partial charge in [-0.15, -0.1) is 0 Å². The summed E-state index contributed by atoms with van der Waals surface area (Å²) in [4.78, 5) is 0. The second-order valence-corrected chi connectivity index (χ2v) is 5.11. The highest BCUT2D eigenvalue weighted by Crippen LogP contribution is 2.14. The first-order chi connectivity index (χ1) is 9.36. The second-order valence-electron chi connectivity index (χ2n) is 5.11. The van der Waals surface area contributed by atoms with Crippen molar-refractivity contribution >= 4 is 0 Å². The fourth-order valence-corrected chi connectivity index (χ4v) is 2.08. The van der Waals surface area contributed by atoms with Gasteiger partial charge in [0.05, 0.1) is 6.61 Å². The Morgan fingerprint density at radius 2 is 1.68 bits per heavy atom. The molecule has 0 fully saturated rings. The Balaban J connectivity index is 2.09. The molecule has 2 heteroatoms. The van der Waals surface area contributed by atoms with Crippen molar-refractivity contribution in [2.45, 2.75) is 51.9 Å². The largest absolute Gasteiger partial charge is 0.494 e. The highest BCUT2D eigenvalue weighted by Gasteiger charge is 1.96. The standard InChI is InChI=1S/C17H29NO/c1-3-4-9-16-10-12-17(13-11-16)19-15-8-6-5-7-14-18-2/h10-13,18H,3-9,14-15H2,1-2H3. The summed E-state index contributed by atoms with van der Waals surface area (Å²) in [6, 6.07) is 8.59. The normalized spacial score (nSPS) is 10.6. The molecule has 0 aliphatic carbocycles. The maximum absolute atomic E-state index is 5.76. The van der Waals surface area contributed by atoms with Gasteiger partial charge < -0.3 is 10.1 Å². The molecule has 0 saturated heterocycles. The Bertz CT molecular complexity index is 308. The van der Waals surface area contributed by atoms with Crippen LogP contribution in [0.1, 0.15) is 51.0 Å². The fraction of sp³-hybridized carbons (Fsp3) is 0.647. The van der Waals surface area contributed by atoms with Crippen molar-refractivity contribution in [3.05, 3.63) is 29.8 Å². The summed E-state index contributed by atoms with van der Waals surface area (Å²) in [6.45, 7) is 4.20. The van der Waals surface area contributed by atoms with Gasteiger partial charge in [-0.25, -0.2) is 0 Å². The molecule has 0 spiro atoms. The van der Waals surface area contributed by atoms with Crippen LogP contribution in [0.25, 0.3) is 0 Å². The predicted molar refractivity (Wildman–Crippen MR) is 82.9 cm³/mol. The highest BCUT2D eigenvalue weighted by molar-refractivity contribution is 5.27. The van der Waals surface area contributed by atoms with E-state index in [1.165, 1.54) is 44.1 Å². The zero-order valence-corrected chi connectivity index (χ0v) is 12.6. The lowest BCUT2D eigenvalue weighted by atomic mass is 10.1. The summed E-state index contributed by atoms with van der Waals surface area (Å²) in [7, 11) is 2.01. The van der Waals surface area contributed by atoms with E-state index < -0.39 is 0 Å². The number of ether oxygens (including phenoxy) is 1. The van der Waals surface area contributed by atoms with E-state index in [0.717, 1.165) is 25.3 Å². The third-order valence-corrected chi connectivity index (χ3v) is 3.33. The van der Waals surface area contributed by atoms with Crippen molar-refractivity contribution in [2.24, 2.45) is 0 Å². The summed E-state index contributed by atoms with van der Waals surface area (Å²) in [5.41, 5.74) is 1.42. The number of aryl methyl sites for hydroxylation is 1. The molecule has 0 saturated carbocycles. The van der Waals surface area contributed by atoms with Crippen molar-refractivity contribution in [2.75, 3.05) is 20.2 Å². The van der Waals surface area contributed by atoms with Crippen LogP contribution < -0.4 is 10.1 Å². The van der Waals surface area contributed by atoms with Crippen LogP contribution in [0.3, 0.4) is 0 Å². The van der Waals surface area contributed by atoms with Crippen molar-refractivity contribution in [3.63, 3.8) is 0 Å². The van der Waals surface area contributed by atoms with Crippen molar-refractivity contribution < 1.29 is 4.74 Å². The number of nitrogens with one attached hydrogen (secondary N) is 1. The number of unbranched alkanes of at least 4 members (excludes halogenated alkanes) is 4. The molecule has 1 aromatic carbocycles. The van der Waals surface area contributed by atoms with Crippen LogP contribution >= 0.6 is 0 Å². The first-order valence-electron chi connectivity index (χ1n) is 7.73. The van der Waals surface area contributed by atoms with Crippen LogP contribution in [-0.2, 0) is 6.42 Å². The van der Waals surface area contributed by atoms with Crippen molar-refractivity contribution in [1.82, 2.24) is 5.32 Å². The minimum absolute atomic E-state index is 0.841. The molecule has 108 valence electrons.